The molecule has 0 radical (unpaired) electrons. The fourth-order valence-corrected chi connectivity index (χ4v) is 3.34. The highest BCUT2D eigenvalue weighted by molar-refractivity contribution is 7.80. The first-order valence-electron chi connectivity index (χ1n) is 10.7. The van der Waals surface area contributed by atoms with Crippen molar-refractivity contribution in [2.75, 3.05) is 18.1 Å². The van der Waals surface area contributed by atoms with Crippen molar-refractivity contribution in [1.82, 2.24) is 16.0 Å². The van der Waals surface area contributed by atoms with Crippen LogP contribution >= 0.6 is 25.3 Å². The van der Waals surface area contributed by atoms with Crippen molar-refractivity contribution in [2.24, 2.45) is 11.5 Å². The smallest absolute Gasteiger partial charge is 0.327 e. The normalized spacial score (nSPS) is 14.4. The first-order valence-corrected chi connectivity index (χ1v) is 12.0. The molecular formula is C21H33N5O6S2. The predicted molar refractivity (Wildman–Crippen MR) is 134 cm³/mol. The molecule has 3 amide bonds. The van der Waals surface area contributed by atoms with E-state index in [1.165, 1.54) is 12.1 Å². The Bertz CT molecular complexity index is 826. The van der Waals surface area contributed by atoms with Gasteiger partial charge in [0.15, 0.2) is 0 Å². The molecule has 1 aromatic carbocycles. The Morgan fingerprint density at radius 1 is 0.853 bits per heavy atom. The number of carbonyl (C=O) groups is 4. The number of amides is 3. The van der Waals surface area contributed by atoms with Crippen molar-refractivity contribution in [2.45, 2.75) is 49.9 Å². The van der Waals surface area contributed by atoms with Crippen molar-refractivity contribution in [3.8, 4) is 5.75 Å². The Morgan fingerprint density at radius 3 is 1.94 bits per heavy atom. The topological polar surface area (TPSA) is 197 Å². The number of hydrogen-bond acceptors (Lipinski definition) is 9. The molecule has 1 aromatic rings. The number of carboxylic acids is 1. The van der Waals surface area contributed by atoms with Crippen LogP contribution in [-0.4, -0.2) is 76.1 Å². The van der Waals surface area contributed by atoms with Gasteiger partial charge < -0.3 is 37.6 Å². The van der Waals surface area contributed by atoms with Gasteiger partial charge in [-0.3, -0.25) is 14.4 Å². The standard InChI is InChI=1S/C21H33N5O6S2/c22-8-2-1-3-15(19(29)26-17(11-34)21(31)32)24-20(30)16(25-18(28)14(23)10-33)9-12-4-6-13(27)7-5-12/h4-7,14-17,27,33-34H,1-3,8-11,22-23H2,(H,24,30)(H,25,28)(H,26,29)(H,31,32)/t14-,15-,16-,17-/m0/s1. The van der Waals surface area contributed by atoms with E-state index in [1.54, 1.807) is 12.1 Å². The third kappa shape index (κ3) is 10.2. The first-order chi connectivity index (χ1) is 16.1. The van der Waals surface area contributed by atoms with Gasteiger partial charge in [0.1, 0.15) is 23.9 Å². The Kier molecular flexibility index (Phi) is 13.4. The number of hydrogen-bond donors (Lipinski definition) is 9. The molecule has 4 atom stereocenters. The summed E-state index contributed by atoms with van der Waals surface area (Å²) in [5.41, 5.74) is 11.9. The zero-order chi connectivity index (χ0) is 25.7. The van der Waals surface area contributed by atoms with E-state index in [4.69, 9.17) is 11.5 Å². The summed E-state index contributed by atoms with van der Waals surface area (Å²) < 4.78 is 0. The van der Waals surface area contributed by atoms with Gasteiger partial charge in [0, 0.05) is 17.9 Å². The third-order valence-electron chi connectivity index (χ3n) is 4.92. The summed E-state index contributed by atoms with van der Waals surface area (Å²) in [5, 5.41) is 26.2. The van der Waals surface area contributed by atoms with E-state index < -0.39 is 47.9 Å². The number of nitrogens with one attached hydrogen (secondary N) is 3. The fourth-order valence-electron chi connectivity index (χ4n) is 2.93. The summed E-state index contributed by atoms with van der Waals surface area (Å²) in [4.78, 5) is 49.5. The van der Waals surface area contributed by atoms with Crippen LogP contribution < -0.4 is 27.4 Å². The zero-order valence-corrected chi connectivity index (χ0v) is 20.4. The van der Waals surface area contributed by atoms with Crippen LogP contribution in [0.15, 0.2) is 24.3 Å². The lowest BCUT2D eigenvalue weighted by atomic mass is 10.0. The maximum Gasteiger partial charge on any atom is 0.327 e. The van der Waals surface area contributed by atoms with Crippen LogP contribution in [-0.2, 0) is 25.6 Å². The Hall–Kier alpha value is -2.48. The minimum atomic E-state index is -1.26. The van der Waals surface area contributed by atoms with Crippen molar-refractivity contribution in [3.63, 3.8) is 0 Å². The second-order valence-corrected chi connectivity index (χ2v) is 8.38. The van der Waals surface area contributed by atoms with Crippen LogP contribution in [0.1, 0.15) is 24.8 Å². The molecule has 0 aliphatic rings. The highest BCUT2D eigenvalue weighted by atomic mass is 32.1. The van der Waals surface area contributed by atoms with Gasteiger partial charge in [0.05, 0.1) is 6.04 Å². The van der Waals surface area contributed by atoms with E-state index in [9.17, 15) is 29.4 Å². The number of aromatic hydroxyl groups is 1. The lowest BCUT2D eigenvalue weighted by Gasteiger charge is -2.25. The van der Waals surface area contributed by atoms with Crippen LogP contribution in [0.4, 0.5) is 0 Å². The number of benzene rings is 1. The SMILES string of the molecule is NCCCC[C@H](NC(=O)[C@H](Cc1ccc(O)cc1)NC(=O)[C@@H](N)CS)C(=O)N[C@@H](CS)C(=O)O. The number of carbonyl (C=O) groups excluding carboxylic acids is 3. The molecule has 0 heterocycles. The molecular weight excluding hydrogens is 482 g/mol. The lowest BCUT2D eigenvalue weighted by Crippen LogP contribution is -2.58. The third-order valence-corrected chi connectivity index (χ3v) is 5.68. The van der Waals surface area contributed by atoms with Crippen molar-refractivity contribution in [1.29, 1.82) is 0 Å². The molecule has 11 nitrogen and oxygen atoms in total. The molecule has 13 heteroatoms. The van der Waals surface area contributed by atoms with Crippen LogP contribution in [0, 0.1) is 0 Å². The Balaban J connectivity index is 3.07. The van der Waals surface area contributed by atoms with E-state index in [2.05, 4.69) is 41.2 Å². The number of nitrogens with two attached hydrogens (primary N) is 2. The molecule has 0 aromatic heterocycles. The second-order valence-electron chi connectivity index (χ2n) is 7.65. The van der Waals surface area contributed by atoms with Gasteiger partial charge in [-0.1, -0.05) is 12.1 Å². The molecule has 0 aliphatic heterocycles. The van der Waals surface area contributed by atoms with Crippen molar-refractivity contribution >= 4 is 48.9 Å². The monoisotopic (exact) mass is 515 g/mol. The molecule has 1 rings (SSSR count). The average Bonchev–Trinajstić information content (AvgIpc) is 2.81. The molecule has 0 saturated heterocycles. The van der Waals surface area contributed by atoms with E-state index in [1.807, 2.05) is 0 Å². The average molecular weight is 516 g/mol. The predicted octanol–water partition coefficient (Wildman–Crippen LogP) is -1.21. The van der Waals surface area contributed by atoms with Gasteiger partial charge in [-0.05, 0) is 43.5 Å². The number of aliphatic carboxylic acids is 1. The zero-order valence-electron chi connectivity index (χ0n) is 18.6. The molecule has 190 valence electrons. The summed E-state index contributed by atoms with van der Waals surface area (Å²) >= 11 is 7.93. The molecule has 0 bridgehead atoms. The largest absolute Gasteiger partial charge is 0.508 e. The molecule has 0 unspecified atom stereocenters. The second kappa shape index (κ2) is 15.4. The molecule has 9 N–H and O–H groups in total. The van der Waals surface area contributed by atoms with Gasteiger partial charge in [0.25, 0.3) is 0 Å². The van der Waals surface area contributed by atoms with Gasteiger partial charge in [-0.25, -0.2) is 4.79 Å². The van der Waals surface area contributed by atoms with Crippen LogP contribution in [0.3, 0.4) is 0 Å². The fraction of sp³-hybridized carbons (Fsp3) is 0.524. The minimum Gasteiger partial charge on any atom is -0.508 e. The molecule has 0 spiro atoms. The number of unbranched alkanes of at least 4 members (excludes halogenated alkanes) is 1. The van der Waals surface area contributed by atoms with Gasteiger partial charge >= 0.3 is 5.97 Å². The maximum atomic E-state index is 13.1. The van der Waals surface area contributed by atoms with E-state index in [0.717, 1.165) is 0 Å². The van der Waals surface area contributed by atoms with Crippen molar-refractivity contribution in [3.05, 3.63) is 29.8 Å². The molecule has 0 aliphatic carbocycles. The number of rotatable bonds is 15. The quantitative estimate of drug-likeness (QED) is 0.102. The molecule has 34 heavy (non-hydrogen) atoms. The van der Waals surface area contributed by atoms with Crippen LogP contribution in [0.25, 0.3) is 0 Å². The lowest BCUT2D eigenvalue weighted by molar-refractivity contribution is -0.141. The van der Waals surface area contributed by atoms with E-state index in [0.29, 0.717) is 24.9 Å². The number of thiol groups is 2. The van der Waals surface area contributed by atoms with Crippen LogP contribution in [0.5, 0.6) is 5.75 Å². The summed E-state index contributed by atoms with van der Waals surface area (Å²) in [6, 6.07) is 1.74. The van der Waals surface area contributed by atoms with Gasteiger partial charge in [-0.15, -0.1) is 0 Å². The molecule has 0 saturated carbocycles. The number of phenols is 1. The Morgan fingerprint density at radius 2 is 1.41 bits per heavy atom. The van der Waals surface area contributed by atoms with E-state index in [-0.39, 0.29) is 30.1 Å². The number of phenolic OH excluding ortho intramolecular Hbond substituents is 1. The first kappa shape index (κ1) is 29.6. The van der Waals surface area contributed by atoms with Gasteiger partial charge in [0.2, 0.25) is 17.7 Å². The highest BCUT2D eigenvalue weighted by Crippen LogP contribution is 2.12. The molecule has 0 fully saturated rings. The van der Waals surface area contributed by atoms with Crippen LogP contribution in [0.2, 0.25) is 0 Å². The Labute approximate surface area is 209 Å². The van der Waals surface area contributed by atoms with E-state index >= 15 is 0 Å². The summed E-state index contributed by atoms with van der Waals surface area (Å²) in [6.45, 7) is 0.387. The summed E-state index contributed by atoms with van der Waals surface area (Å²) in [6.07, 6.45) is 1.37. The highest BCUT2D eigenvalue weighted by Gasteiger charge is 2.29. The maximum absolute atomic E-state index is 13.1. The summed E-state index contributed by atoms with van der Waals surface area (Å²) in [5.74, 6) is -3.23. The van der Waals surface area contributed by atoms with Crippen molar-refractivity contribution < 1.29 is 29.4 Å². The summed E-state index contributed by atoms with van der Waals surface area (Å²) in [7, 11) is 0. The van der Waals surface area contributed by atoms with Gasteiger partial charge in [-0.2, -0.15) is 25.3 Å². The minimum absolute atomic E-state index is 0.0414. The number of carboxylic acid groups (broad SMARTS) is 1.